The van der Waals surface area contributed by atoms with E-state index in [9.17, 15) is 0 Å². The van der Waals surface area contributed by atoms with Crippen molar-refractivity contribution in [3.63, 3.8) is 0 Å². The third-order valence-corrected chi connectivity index (χ3v) is 4.52. The summed E-state index contributed by atoms with van der Waals surface area (Å²) in [6, 6.07) is 10.3. The van der Waals surface area contributed by atoms with E-state index < -0.39 is 0 Å². The van der Waals surface area contributed by atoms with Gasteiger partial charge in [-0.25, -0.2) is 0 Å². The van der Waals surface area contributed by atoms with Gasteiger partial charge in [0.05, 0.1) is 0 Å². The van der Waals surface area contributed by atoms with E-state index in [1.54, 1.807) is 17.4 Å². The Balaban J connectivity index is 2.10. The van der Waals surface area contributed by atoms with Gasteiger partial charge in [-0.1, -0.05) is 35.3 Å². The van der Waals surface area contributed by atoms with Crippen molar-refractivity contribution in [3.05, 3.63) is 56.2 Å². The van der Waals surface area contributed by atoms with Crippen LogP contribution in [0.4, 0.5) is 0 Å². The molecule has 2 rings (SSSR count). The zero-order valence-electron chi connectivity index (χ0n) is 10.3. The third kappa shape index (κ3) is 3.27. The lowest BCUT2D eigenvalue weighted by Gasteiger charge is -2.20. The first-order valence-corrected chi connectivity index (χ1v) is 7.46. The van der Waals surface area contributed by atoms with Crippen molar-refractivity contribution in [2.75, 3.05) is 0 Å². The molecule has 2 atom stereocenters. The molecule has 96 valence electrons. The summed E-state index contributed by atoms with van der Waals surface area (Å²) in [6.45, 7) is 4.27. The van der Waals surface area contributed by atoms with E-state index >= 15 is 0 Å². The smallest absolute Gasteiger partial charge is 0.0468 e. The Hall–Kier alpha value is -0.540. The van der Waals surface area contributed by atoms with E-state index in [4.69, 9.17) is 23.2 Å². The van der Waals surface area contributed by atoms with Gasteiger partial charge in [0.2, 0.25) is 0 Å². The maximum absolute atomic E-state index is 6.21. The molecule has 1 unspecified atom stereocenters. The Morgan fingerprint density at radius 2 is 1.89 bits per heavy atom. The maximum Gasteiger partial charge on any atom is 0.0468 e. The summed E-state index contributed by atoms with van der Waals surface area (Å²) in [4.78, 5) is 1.33. The predicted molar refractivity (Wildman–Crippen MR) is 80.7 cm³/mol. The summed E-state index contributed by atoms with van der Waals surface area (Å²) in [7, 11) is 0. The second-order valence-electron chi connectivity index (χ2n) is 4.29. The minimum absolute atomic E-state index is 0.187. The minimum Gasteiger partial charge on any atom is -0.303 e. The van der Waals surface area contributed by atoms with E-state index in [2.05, 4.69) is 36.7 Å². The highest BCUT2D eigenvalue weighted by atomic mass is 35.5. The normalized spacial score (nSPS) is 14.4. The summed E-state index contributed by atoms with van der Waals surface area (Å²) in [5.74, 6) is 0. The number of hydrogen-bond donors (Lipinski definition) is 1. The summed E-state index contributed by atoms with van der Waals surface area (Å²) < 4.78 is 0. The van der Waals surface area contributed by atoms with Gasteiger partial charge in [-0.3, -0.25) is 0 Å². The van der Waals surface area contributed by atoms with E-state index in [1.165, 1.54) is 4.88 Å². The Bertz CT molecular complexity index is 511. The molecule has 0 aliphatic heterocycles. The molecule has 1 heterocycles. The van der Waals surface area contributed by atoms with Gasteiger partial charge in [0.25, 0.3) is 0 Å². The average molecular weight is 300 g/mol. The van der Waals surface area contributed by atoms with Gasteiger partial charge in [-0.15, -0.1) is 11.3 Å². The molecular weight excluding hydrogens is 285 g/mol. The molecule has 1 aromatic heterocycles. The number of rotatable bonds is 4. The molecule has 0 saturated carbocycles. The highest BCUT2D eigenvalue weighted by Gasteiger charge is 2.14. The van der Waals surface area contributed by atoms with E-state index in [0.29, 0.717) is 16.1 Å². The second-order valence-corrected chi connectivity index (χ2v) is 6.11. The van der Waals surface area contributed by atoms with Crippen LogP contribution < -0.4 is 5.32 Å². The van der Waals surface area contributed by atoms with Crippen LogP contribution in [0.1, 0.15) is 36.4 Å². The molecule has 1 nitrogen and oxygen atoms in total. The predicted octanol–water partition coefficient (Wildman–Crippen LogP) is 5.47. The maximum atomic E-state index is 6.21. The fraction of sp³-hybridized carbons (Fsp3) is 0.286. The molecule has 1 N–H and O–H groups in total. The summed E-state index contributed by atoms with van der Waals surface area (Å²) in [5, 5.41) is 7.01. The lowest BCUT2D eigenvalue weighted by molar-refractivity contribution is 0.500. The van der Waals surface area contributed by atoms with Gasteiger partial charge in [0, 0.05) is 27.0 Å². The van der Waals surface area contributed by atoms with Crippen molar-refractivity contribution in [2.24, 2.45) is 0 Å². The Morgan fingerprint density at radius 1 is 1.11 bits per heavy atom. The fourth-order valence-electron chi connectivity index (χ4n) is 1.94. The van der Waals surface area contributed by atoms with E-state index in [1.807, 2.05) is 12.1 Å². The van der Waals surface area contributed by atoms with Gasteiger partial charge >= 0.3 is 0 Å². The van der Waals surface area contributed by atoms with Crippen molar-refractivity contribution in [2.45, 2.75) is 25.9 Å². The number of hydrogen-bond acceptors (Lipinski definition) is 2. The zero-order chi connectivity index (χ0) is 13.1. The molecule has 18 heavy (non-hydrogen) atoms. The fourth-order valence-corrected chi connectivity index (χ4v) is 3.25. The van der Waals surface area contributed by atoms with Crippen LogP contribution in [0.2, 0.25) is 10.0 Å². The minimum atomic E-state index is 0.187. The number of halogens is 2. The second kappa shape index (κ2) is 6.07. The van der Waals surface area contributed by atoms with Crippen LogP contribution in [-0.2, 0) is 0 Å². The Kier molecular flexibility index (Phi) is 4.68. The van der Waals surface area contributed by atoms with Crippen LogP contribution in [-0.4, -0.2) is 0 Å². The Morgan fingerprint density at radius 3 is 2.50 bits per heavy atom. The molecule has 2 aromatic rings. The number of nitrogens with one attached hydrogen (secondary N) is 1. The first-order chi connectivity index (χ1) is 8.58. The van der Waals surface area contributed by atoms with Crippen LogP contribution in [0.3, 0.4) is 0 Å². The first kappa shape index (κ1) is 13.9. The highest BCUT2D eigenvalue weighted by Crippen LogP contribution is 2.28. The SMILES string of the molecule is CC(N[C@@H](C)c1cccs1)c1ccc(Cl)cc1Cl. The summed E-state index contributed by atoms with van der Waals surface area (Å²) in [6.07, 6.45) is 0. The quantitative estimate of drug-likeness (QED) is 0.789. The number of benzene rings is 1. The van der Waals surface area contributed by atoms with Crippen LogP contribution in [0.25, 0.3) is 0 Å². The molecule has 0 fully saturated rings. The van der Waals surface area contributed by atoms with Gasteiger partial charge in [-0.05, 0) is 43.0 Å². The van der Waals surface area contributed by atoms with Gasteiger partial charge in [-0.2, -0.15) is 0 Å². The number of thiophene rings is 1. The van der Waals surface area contributed by atoms with Crippen LogP contribution in [0, 0.1) is 0 Å². The Labute approximate surface area is 122 Å². The van der Waals surface area contributed by atoms with Crippen LogP contribution in [0.5, 0.6) is 0 Å². The molecule has 0 spiro atoms. The van der Waals surface area contributed by atoms with Gasteiger partial charge in [0.1, 0.15) is 0 Å². The highest BCUT2D eigenvalue weighted by molar-refractivity contribution is 7.10. The van der Waals surface area contributed by atoms with E-state index in [-0.39, 0.29) is 6.04 Å². The molecule has 0 radical (unpaired) electrons. The largest absolute Gasteiger partial charge is 0.303 e. The van der Waals surface area contributed by atoms with Crippen molar-refractivity contribution in [1.82, 2.24) is 5.32 Å². The van der Waals surface area contributed by atoms with Crippen molar-refractivity contribution in [1.29, 1.82) is 0 Å². The molecule has 0 aliphatic carbocycles. The topological polar surface area (TPSA) is 12.0 Å². The molecule has 4 heteroatoms. The molecule has 1 aromatic carbocycles. The zero-order valence-corrected chi connectivity index (χ0v) is 12.6. The monoisotopic (exact) mass is 299 g/mol. The van der Waals surface area contributed by atoms with Gasteiger partial charge < -0.3 is 5.32 Å². The van der Waals surface area contributed by atoms with Crippen molar-refractivity contribution < 1.29 is 0 Å². The van der Waals surface area contributed by atoms with Crippen molar-refractivity contribution in [3.8, 4) is 0 Å². The lowest BCUT2D eigenvalue weighted by Crippen LogP contribution is -2.22. The summed E-state index contributed by atoms with van der Waals surface area (Å²) in [5.41, 5.74) is 1.07. The van der Waals surface area contributed by atoms with Crippen LogP contribution in [0.15, 0.2) is 35.7 Å². The molecule has 0 saturated heterocycles. The molecule has 0 bridgehead atoms. The van der Waals surface area contributed by atoms with Gasteiger partial charge in [0.15, 0.2) is 0 Å². The molecule has 0 amide bonds. The average Bonchev–Trinajstić information content (AvgIpc) is 2.81. The lowest BCUT2D eigenvalue weighted by atomic mass is 10.1. The summed E-state index contributed by atoms with van der Waals surface area (Å²) >= 11 is 13.9. The van der Waals surface area contributed by atoms with Crippen molar-refractivity contribution >= 4 is 34.5 Å². The standard InChI is InChI=1S/C14H15Cl2NS/c1-9(12-6-5-11(15)8-13(12)16)17-10(2)14-4-3-7-18-14/h3-10,17H,1-2H3/t9?,10-/m0/s1. The third-order valence-electron chi connectivity index (χ3n) is 2.90. The molecular formula is C14H15Cl2NS. The molecule has 0 aliphatic rings. The van der Waals surface area contributed by atoms with E-state index in [0.717, 1.165) is 5.56 Å². The van der Waals surface area contributed by atoms with Crippen LogP contribution >= 0.6 is 34.5 Å². The first-order valence-electron chi connectivity index (χ1n) is 5.82.